The van der Waals surface area contributed by atoms with Crippen LogP contribution in [0.25, 0.3) is 0 Å². The summed E-state index contributed by atoms with van der Waals surface area (Å²) in [7, 11) is 0. The Kier molecular flexibility index (Phi) is 2.60. The van der Waals surface area contributed by atoms with Crippen molar-refractivity contribution in [2.75, 3.05) is 0 Å². The highest BCUT2D eigenvalue weighted by atomic mass is 35.5. The van der Waals surface area contributed by atoms with Crippen LogP contribution in [0.3, 0.4) is 0 Å². The number of hydrogen-bond donors (Lipinski definition) is 0. The third-order valence-electron chi connectivity index (χ3n) is 1.26. The van der Waals surface area contributed by atoms with E-state index in [4.69, 9.17) is 11.6 Å². The summed E-state index contributed by atoms with van der Waals surface area (Å²) in [5.41, 5.74) is -1.63. The van der Waals surface area contributed by atoms with E-state index < -0.39 is 11.4 Å². The Morgan fingerprint density at radius 3 is 2.36 bits per heavy atom. The number of alkyl halides is 2. The molecule has 1 aromatic rings. The lowest BCUT2D eigenvalue weighted by molar-refractivity contribution is 0.0934. The van der Waals surface area contributed by atoms with Gasteiger partial charge in [-0.05, 0) is 0 Å². The summed E-state index contributed by atoms with van der Waals surface area (Å²) in [6.07, 6.45) is 0. The van der Waals surface area contributed by atoms with Crippen LogP contribution in [0.1, 0.15) is 10.4 Å². The summed E-state index contributed by atoms with van der Waals surface area (Å²) >= 11 is 4.95. The van der Waals surface area contributed by atoms with Gasteiger partial charge in [0.2, 0.25) is 11.4 Å². The van der Waals surface area contributed by atoms with Gasteiger partial charge in [0.1, 0.15) is 0 Å². The topological polar surface area (TPSA) is 17.1 Å². The molecular weight excluding hydrogens is 167 g/mol. The molecule has 0 fully saturated rings. The maximum Gasteiger partial charge on any atom is 0.235 e. The lowest BCUT2D eigenvalue weighted by atomic mass is 10.1. The highest BCUT2D eigenvalue weighted by Gasteiger charge is 2.14. The van der Waals surface area contributed by atoms with E-state index in [9.17, 15) is 9.18 Å². The Labute approximate surface area is 68.8 Å². The second kappa shape index (κ2) is 3.49. The smallest absolute Gasteiger partial charge is 0.235 e. The molecule has 3 heteroatoms. The first kappa shape index (κ1) is 8.21. The number of benzene rings is 1. The molecule has 1 nitrogen and oxygen atoms in total. The molecule has 1 aromatic carbocycles. The quantitative estimate of drug-likeness (QED) is 0.495. The predicted molar refractivity (Wildman–Crippen MR) is 41.5 cm³/mol. The third kappa shape index (κ3) is 2.02. The van der Waals surface area contributed by atoms with Crippen molar-refractivity contribution in [1.82, 2.24) is 0 Å². The summed E-state index contributed by atoms with van der Waals surface area (Å²) in [4.78, 5) is 10.8. The monoisotopic (exact) mass is 172 g/mol. The number of halogens is 2. The number of Topliss-reactive ketones (excluding diaryl/α,β-unsaturated/α-hetero) is 1. The zero-order valence-corrected chi connectivity index (χ0v) is 6.38. The maximum absolute atomic E-state index is 12.2. The minimum absolute atomic E-state index is 0.301. The second-order valence-corrected chi connectivity index (χ2v) is 2.41. The van der Waals surface area contributed by atoms with Crippen LogP contribution in [0.4, 0.5) is 4.39 Å². The van der Waals surface area contributed by atoms with E-state index in [-0.39, 0.29) is 0 Å². The van der Waals surface area contributed by atoms with Crippen molar-refractivity contribution in [3.8, 4) is 0 Å². The van der Waals surface area contributed by atoms with Crippen molar-refractivity contribution in [3.63, 3.8) is 0 Å². The zero-order valence-electron chi connectivity index (χ0n) is 5.63. The summed E-state index contributed by atoms with van der Waals surface area (Å²) in [5.74, 6) is -0.688. The number of hydrogen-bond acceptors (Lipinski definition) is 1. The van der Waals surface area contributed by atoms with Gasteiger partial charge in [-0.2, -0.15) is 0 Å². The Morgan fingerprint density at radius 2 is 1.91 bits per heavy atom. The Balaban J connectivity index is 2.86. The van der Waals surface area contributed by atoms with Crippen molar-refractivity contribution >= 4 is 17.4 Å². The molecule has 0 aromatic heterocycles. The summed E-state index contributed by atoms with van der Waals surface area (Å²) < 4.78 is 12.2. The van der Waals surface area contributed by atoms with Crippen LogP contribution in [0.15, 0.2) is 30.3 Å². The highest BCUT2D eigenvalue weighted by Crippen LogP contribution is 2.08. The average molecular weight is 173 g/mol. The van der Waals surface area contributed by atoms with Crippen molar-refractivity contribution in [2.24, 2.45) is 0 Å². The minimum atomic E-state index is -1.93. The van der Waals surface area contributed by atoms with Gasteiger partial charge in [0.05, 0.1) is 0 Å². The fourth-order valence-electron chi connectivity index (χ4n) is 0.728. The van der Waals surface area contributed by atoms with E-state index >= 15 is 0 Å². The summed E-state index contributed by atoms with van der Waals surface area (Å²) in [6, 6.07) is 8.12. The lowest BCUT2D eigenvalue weighted by Gasteiger charge is -1.97. The molecule has 0 bridgehead atoms. The number of carbonyl (C=O) groups is 1. The molecule has 0 aliphatic carbocycles. The number of carbonyl (C=O) groups excluding carboxylic acids is 1. The lowest BCUT2D eigenvalue weighted by Crippen LogP contribution is -2.08. The largest absolute Gasteiger partial charge is 0.289 e. The third-order valence-corrected chi connectivity index (χ3v) is 1.45. The van der Waals surface area contributed by atoms with E-state index in [2.05, 4.69) is 0 Å². The van der Waals surface area contributed by atoms with Crippen LogP contribution in [0, 0.1) is 0 Å². The predicted octanol–water partition coefficient (Wildman–Crippen LogP) is 2.40. The van der Waals surface area contributed by atoms with Gasteiger partial charge in [-0.1, -0.05) is 41.9 Å². The second-order valence-electron chi connectivity index (χ2n) is 2.03. The molecule has 0 saturated heterocycles. The van der Waals surface area contributed by atoms with E-state index in [1.54, 1.807) is 18.2 Å². The van der Waals surface area contributed by atoms with Crippen LogP contribution < -0.4 is 0 Å². The van der Waals surface area contributed by atoms with Crippen LogP contribution in [-0.2, 0) is 0 Å². The highest BCUT2D eigenvalue weighted by molar-refractivity contribution is 6.32. The van der Waals surface area contributed by atoms with Gasteiger partial charge in [0, 0.05) is 5.56 Å². The molecule has 0 N–H and O–H groups in total. The fourth-order valence-corrected chi connectivity index (χ4v) is 0.854. The molecule has 1 unspecified atom stereocenters. The van der Waals surface area contributed by atoms with Crippen molar-refractivity contribution < 1.29 is 9.18 Å². The summed E-state index contributed by atoms with van der Waals surface area (Å²) in [6.45, 7) is 0. The van der Waals surface area contributed by atoms with Gasteiger partial charge < -0.3 is 0 Å². The van der Waals surface area contributed by atoms with Crippen LogP contribution in [-0.4, -0.2) is 11.4 Å². The van der Waals surface area contributed by atoms with Crippen LogP contribution in [0.5, 0.6) is 0 Å². The van der Waals surface area contributed by atoms with Crippen LogP contribution in [0.2, 0.25) is 0 Å². The first-order chi connectivity index (χ1) is 5.22. The molecule has 1 rings (SSSR count). The van der Waals surface area contributed by atoms with Crippen LogP contribution >= 0.6 is 11.6 Å². The molecule has 0 radical (unpaired) electrons. The SMILES string of the molecule is O=C(c1ccccc1)C(F)Cl. The molecule has 1 atom stereocenters. The van der Waals surface area contributed by atoms with Gasteiger partial charge in [-0.15, -0.1) is 0 Å². The minimum Gasteiger partial charge on any atom is -0.289 e. The average Bonchev–Trinajstić information content (AvgIpc) is 2.05. The first-order valence-corrected chi connectivity index (χ1v) is 3.53. The zero-order chi connectivity index (χ0) is 8.27. The molecule has 0 spiro atoms. The summed E-state index contributed by atoms with van der Waals surface area (Å²) in [5, 5.41) is 0. The van der Waals surface area contributed by atoms with Gasteiger partial charge >= 0.3 is 0 Å². The first-order valence-electron chi connectivity index (χ1n) is 3.09. The molecule has 0 heterocycles. The van der Waals surface area contributed by atoms with Crippen molar-refractivity contribution in [3.05, 3.63) is 35.9 Å². The van der Waals surface area contributed by atoms with Crippen molar-refractivity contribution in [1.29, 1.82) is 0 Å². The number of rotatable bonds is 2. The molecule has 0 aliphatic heterocycles. The van der Waals surface area contributed by atoms with E-state index in [0.717, 1.165) is 0 Å². The molecule has 0 amide bonds. The van der Waals surface area contributed by atoms with Crippen molar-refractivity contribution in [2.45, 2.75) is 5.63 Å². The number of ketones is 1. The molecule has 58 valence electrons. The van der Waals surface area contributed by atoms with E-state index in [1.807, 2.05) is 0 Å². The standard InChI is InChI=1S/C8H6ClFO/c9-8(10)7(11)6-4-2-1-3-5-6/h1-5,8H. The molecule has 11 heavy (non-hydrogen) atoms. The Bertz CT molecular complexity index is 246. The molecule has 0 aliphatic rings. The Hall–Kier alpha value is -0.890. The maximum atomic E-state index is 12.2. The van der Waals surface area contributed by atoms with Gasteiger partial charge in [-0.25, -0.2) is 4.39 Å². The van der Waals surface area contributed by atoms with E-state index in [1.165, 1.54) is 12.1 Å². The van der Waals surface area contributed by atoms with Gasteiger partial charge in [0.25, 0.3) is 0 Å². The molecule has 0 saturated carbocycles. The Morgan fingerprint density at radius 1 is 1.36 bits per heavy atom. The van der Waals surface area contributed by atoms with E-state index in [0.29, 0.717) is 5.56 Å². The molecular formula is C8H6ClFO. The van der Waals surface area contributed by atoms with Gasteiger partial charge in [-0.3, -0.25) is 4.79 Å². The van der Waals surface area contributed by atoms with Gasteiger partial charge in [0.15, 0.2) is 0 Å². The fraction of sp³-hybridized carbons (Fsp3) is 0.125. The normalized spacial score (nSPS) is 12.5.